The van der Waals surface area contributed by atoms with E-state index in [4.69, 9.17) is 16.3 Å². The topological polar surface area (TPSA) is 65.5 Å². The summed E-state index contributed by atoms with van der Waals surface area (Å²) < 4.78 is 54.6. The first kappa shape index (κ1) is 23.5. The predicted molar refractivity (Wildman–Crippen MR) is 115 cm³/mol. The lowest BCUT2D eigenvalue weighted by Crippen LogP contribution is -2.08. The van der Waals surface area contributed by atoms with Gasteiger partial charge >= 0.3 is 12.1 Å². The van der Waals surface area contributed by atoms with E-state index in [-0.39, 0.29) is 22.6 Å². The van der Waals surface area contributed by atoms with Gasteiger partial charge in [0.2, 0.25) is 0 Å². The van der Waals surface area contributed by atoms with Crippen molar-refractivity contribution in [3.8, 4) is 17.0 Å². The Morgan fingerprint density at radius 3 is 2.50 bits per heavy atom. The Hall–Kier alpha value is -3.17. The number of hydrogen-bond acceptors (Lipinski definition) is 6. The van der Waals surface area contributed by atoms with Crippen LogP contribution in [0.25, 0.3) is 17.3 Å². The number of carbonyl (C=O) groups excluding carboxylic acids is 2. The maximum absolute atomic E-state index is 13.5. The normalized spacial score (nSPS) is 11.5. The molecule has 0 saturated carbocycles. The Labute approximate surface area is 190 Å². The van der Waals surface area contributed by atoms with Crippen LogP contribution in [0.5, 0.6) is 5.75 Å². The summed E-state index contributed by atoms with van der Waals surface area (Å²) in [6, 6.07) is 10.6. The second kappa shape index (κ2) is 9.97. The first-order valence-electron chi connectivity index (χ1n) is 9.02. The van der Waals surface area contributed by atoms with Gasteiger partial charge in [0.05, 0.1) is 12.8 Å². The number of halogens is 4. The molecular formula is C22H15ClF3NO4S. The second-order valence-corrected chi connectivity index (χ2v) is 7.61. The van der Waals surface area contributed by atoms with Crippen LogP contribution in [0.2, 0.25) is 5.02 Å². The number of rotatable bonds is 7. The SMILES string of the molecule is COC(=O)C=Cc1ccc(OCc2c(-c3ccc(Cl)cc3)nsc2C(F)(F)F)cc1C=O. The van der Waals surface area contributed by atoms with Gasteiger partial charge in [0.15, 0.2) is 6.29 Å². The molecule has 0 bridgehead atoms. The monoisotopic (exact) mass is 481 g/mol. The molecule has 10 heteroatoms. The number of alkyl halides is 3. The quantitative estimate of drug-likeness (QED) is 0.233. The van der Waals surface area contributed by atoms with Crippen molar-refractivity contribution in [1.29, 1.82) is 0 Å². The van der Waals surface area contributed by atoms with E-state index in [9.17, 15) is 22.8 Å². The highest BCUT2D eigenvalue weighted by Gasteiger charge is 2.38. The average Bonchev–Trinajstić information content (AvgIpc) is 3.21. The van der Waals surface area contributed by atoms with Crippen LogP contribution in [-0.2, 0) is 22.3 Å². The van der Waals surface area contributed by atoms with Crippen molar-refractivity contribution in [1.82, 2.24) is 4.37 Å². The predicted octanol–water partition coefficient (Wildman–Crippen LogP) is 6.06. The van der Waals surface area contributed by atoms with Crippen LogP contribution in [-0.4, -0.2) is 23.7 Å². The number of aromatic nitrogens is 1. The molecule has 0 fully saturated rings. The highest BCUT2D eigenvalue weighted by atomic mass is 35.5. The van der Waals surface area contributed by atoms with Gasteiger partial charge < -0.3 is 9.47 Å². The first-order valence-corrected chi connectivity index (χ1v) is 10.2. The molecule has 0 amide bonds. The zero-order valence-electron chi connectivity index (χ0n) is 16.5. The molecule has 5 nitrogen and oxygen atoms in total. The van der Waals surface area contributed by atoms with E-state index in [0.29, 0.717) is 34.0 Å². The summed E-state index contributed by atoms with van der Waals surface area (Å²) in [5, 5.41) is 0.445. The number of nitrogens with zero attached hydrogens (tertiary/aromatic N) is 1. The zero-order valence-corrected chi connectivity index (χ0v) is 18.1. The Bertz CT molecular complexity index is 1160. The maximum Gasteiger partial charge on any atom is 0.427 e. The van der Waals surface area contributed by atoms with Gasteiger partial charge in [0, 0.05) is 27.8 Å². The zero-order chi connectivity index (χ0) is 23.3. The van der Waals surface area contributed by atoms with Gasteiger partial charge in [-0.1, -0.05) is 29.8 Å². The lowest BCUT2D eigenvalue weighted by molar-refractivity contribution is -0.135. The summed E-state index contributed by atoms with van der Waals surface area (Å²) in [6.45, 7) is -0.418. The van der Waals surface area contributed by atoms with Gasteiger partial charge in [0.25, 0.3) is 0 Å². The van der Waals surface area contributed by atoms with E-state index >= 15 is 0 Å². The van der Waals surface area contributed by atoms with Crippen LogP contribution < -0.4 is 4.74 Å². The van der Waals surface area contributed by atoms with Gasteiger partial charge in [0.1, 0.15) is 17.2 Å². The van der Waals surface area contributed by atoms with Crippen LogP contribution in [0.15, 0.2) is 48.5 Å². The van der Waals surface area contributed by atoms with Gasteiger partial charge in [-0.25, -0.2) is 4.79 Å². The minimum absolute atomic E-state index is 0.118. The van der Waals surface area contributed by atoms with E-state index in [1.807, 2.05) is 0 Å². The van der Waals surface area contributed by atoms with Crippen LogP contribution >= 0.6 is 23.1 Å². The third-order valence-corrected chi connectivity index (χ3v) is 5.52. The summed E-state index contributed by atoms with van der Waals surface area (Å²) in [5.41, 5.74) is 1.11. The van der Waals surface area contributed by atoms with Gasteiger partial charge in [-0.05, 0) is 47.4 Å². The summed E-state index contributed by atoms with van der Waals surface area (Å²) >= 11 is 6.21. The third-order valence-electron chi connectivity index (χ3n) is 4.33. The number of methoxy groups -OCH3 is 1. The Morgan fingerprint density at radius 2 is 1.88 bits per heavy atom. The summed E-state index contributed by atoms with van der Waals surface area (Å²) in [6.07, 6.45) is -1.51. The molecule has 3 rings (SSSR count). The molecule has 0 aliphatic carbocycles. The van der Waals surface area contributed by atoms with Crippen molar-refractivity contribution in [3.63, 3.8) is 0 Å². The number of hydrogen-bond donors (Lipinski definition) is 0. The molecule has 0 atom stereocenters. The number of aldehydes is 1. The van der Waals surface area contributed by atoms with Gasteiger partial charge in [-0.15, -0.1) is 0 Å². The van der Waals surface area contributed by atoms with E-state index in [1.165, 1.54) is 31.4 Å². The van der Waals surface area contributed by atoms with Crippen molar-refractivity contribution in [2.45, 2.75) is 12.8 Å². The highest BCUT2D eigenvalue weighted by Crippen LogP contribution is 2.40. The standard InChI is InChI=1S/C22H15ClF3NO4S/c1-30-19(29)9-5-13-4-8-17(10-15(13)11-28)31-12-18-20(14-2-6-16(23)7-3-14)27-32-21(18)22(24,25)26/h2-11H,12H2,1H3. The lowest BCUT2D eigenvalue weighted by Gasteiger charge is -2.12. The average molecular weight is 482 g/mol. The van der Waals surface area contributed by atoms with Crippen LogP contribution in [0.4, 0.5) is 13.2 Å². The molecule has 166 valence electrons. The Balaban J connectivity index is 1.90. The maximum atomic E-state index is 13.5. The minimum atomic E-state index is -4.60. The van der Waals surface area contributed by atoms with Crippen LogP contribution in [0.1, 0.15) is 26.4 Å². The van der Waals surface area contributed by atoms with Gasteiger partial charge in [-0.2, -0.15) is 17.5 Å². The number of ether oxygens (including phenoxy) is 2. The van der Waals surface area contributed by atoms with E-state index in [2.05, 4.69) is 9.11 Å². The third kappa shape index (κ3) is 5.54. The summed E-state index contributed by atoms with van der Waals surface area (Å²) in [4.78, 5) is 21.8. The van der Waals surface area contributed by atoms with Crippen molar-refractivity contribution >= 4 is 41.5 Å². The molecule has 0 aliphatic heterocycles. The fraction of sp³-hybridized carbons (Fsp3) is 0.136. The van der Waals surface area contributed by atoms with Gasteiger partial charge in [-0.3, -0.25) is 4.79 Å². The molecule has 0 radical (unpaired) electrons. The molecule has 0 aliphatic rings. The minimum Gasteiger partial charge on any atom is -0.489 e. The number of benzene rings is 2. The lowest BCUT2D eigenvalue weighted by atomic mass is 10.1. The van der Waals surface area contributed by atoms with E-state index in [0.717, 1.165) is 6.08 Å². The summed E-state index contributed by atoms with van der Waals surface area (Å²) in [7, 11) is 1.22. The Kier molecular flexibility index (Phi) is 7.32. The molecule has 1 aromatic heterocycles. The molecule has 0 N–H and O–H groups in total. The molecule has 32 heavy (non-hydrogen) atoms. The Morgan fingerprint density at radius 1 is 1.16 bits per heavy atom. The number of esters is 1. The van der Waals surface area contributed by atoms with Crippen molar-refractivity contribution < 1.29 is 32.2 Å². The van der Waals surface area contributed by atoms with E-state index in [1.54, 1.807) is 24.3 Å². The smallest absolute Gasteiger partial charge is 0.427 e. The van der Waals surface area contributed by atoms with Crippen molar-refractivity contribution in [2.24, 2.45) is 0 Å². The molecule has 0 saturated heterocycles. The highest BCUT2D eigenvalue weighted by molar-refractivity contribution is 7.06. The summed E-state index contributed by atoms with van der Waals surface area (Å²) in [5.74, 6) is -0.412. The fourth-order valence-corrected chi connectivity index (χ4v) is 3.67. The second-order valence-electron chi connectivity index (χ2n) is 6.40. The van der Waals surface area contributed by atoms with Crippen molar-refractivity contribution in [3.05, 3.63) is 75.1 Å². The van der Waals surface area contributed by atoms with Crippen molar-refractivity contribution in [2.75, 3.05) is 7.11 Å². The molecular weight excluding hydrogens is 467 g/mol. The molecule has 3 aromatic rings. The molecule has 0 spiro atoms. The largest absolute Gasteiger partial charge is 0.489 e. The van der Waals surface area contributed by atoms with E-state index < -0.39 is 23.6 Å². The van der Waals surface area contributed by atoms with Crippen LogP contribution in [0.3, 0.4) is 0 Å². The molecule has 2 aromatic carbocycles. The molecule has 1 heterocycles. The fourth-order valence-electron chi connectivity index (χ4n) is 2.78. The number of carbonyl (C=O) groups is 2. The molecule has 0 unspecified atom stereocenters. The van der Waals surface area contributed by atoms with Crippen LogP contribution in [0, 0.1) is 0 Å². The first-order chi connectivity index (χ1) is 15.2.